The Morgan fingerprint density at radius 3 is 2.41 bits per heavy atom. The highest BCUT2D eigenvalue weighted by molar-refractivity contribution is 7.91. The number of benzene rings is 2. The average Bonchev–Trinajstić information content (AvgIpc) is 3.36. The summed E-state index contributed by atoms with van der Waals surface area (Å²) in [6, 6.07) is 14.7. The van der Waals surface area contributed by atoms with Crippen molar-refractivity contribution in [2.45, 2.75) is 51.3 Å². The summed E-state index contributed by atoms with van der Waals surface area (Å²) in [6.07, 6.45) is 0. The van der Waals surface area contributed by atoms with E-state index in [0.29, 0.717) is 22.4 Å². The monoisotopic (exact) mass is 517 g/mol. The van der Waals surface area contributed by atoms with Crippen LogP contribution in [0.15, 0.2) is 53.4 Å². The zero-order valence-corrected chi connectivity index (χ0v) is 21.8. The molecule has 9 heteroatoms. The van der Waals surface area contributed by atoms with Gasteiger partial charge in [-0.3, -0.25) is 9.69 Å². The van der Waals surface area contributed by atoms with E-state index in [4.69, 9.17) is 16.6 Å². The SMILES string of the molecule is CCS(=O)(=O)c1ccc(CNC(=O)c2nc3c(s2)CN(Cc2ccc(Cl)cc2)[C@H]3C(C)C)cc1. The predicted molar refractivity (Wildman–Crippen MR) is 136 cm³/mol. The van der Waals surface area contributed by atoms with Gasteiger partial charge in [0, 0.05) is 29.5 Å². The minimum Gasteiger partial charge on any atom is -0.346 e. The number of fused-ring (bicyclic) bond motifs is 1. The molecule has 6 nitrogen and oxygen atoms in total. The van der Waals surface area contributed by atoms with Gasteiger partial charge in [0.05, 0.1) is 22.4 Å². The molecule has 1 aliphatic rings. The van der Waals surface area contributed by atoms with E-state index >= 15 is 0 Å². The molecule has 0 radical (unpaired) electrons. The van der Waals surface area contributed by atoms with Crippen LogP contribution in [-0.4, -0.2) is 30.0 Å². The normalized spacial score (nSPS) is 16.1. The summed E-state index contributed by atoms with van der Waals surface area (Å²) >= 11 is 7.47. The number of sulfone groups is 1. The lowest BCUT2D eigenvalue weighted by Gasteiger charge is -2.27. The predicted octanol–water partition coefficient (Wildman–Crippen LogP) is 5.23. The lowest BCUT2D eigenvalue weighted by Crippen LogP contribution is -2.27. The molecule has 1 aliphatic heterocycles. The first kappa shape index (κ1) is 24.9. The van der Waals surface area contributed by atoms with Gasteiger partial charge < -0.3 is 5.32 Å². The third-order valence-electron chi connectivity index (χ3n) is 5.99. The van der Waals surface area contributed by atoms with E-state index in [0.717, 1.165) is 34.2 Å². The summed E-state index contributed by atoms with van der Waals surface area (Å²) in [5, 5.41) is 4.10. The second kappa shape index (κ2) is 10.2. The fourth-order valence-electron chi connectivity index (χ4n) is 4.22. The minimum atomic E-state index is -3.23. The lowest BCUT2D eigenvalue weighted by atomic mass is 10.0. The Kier molecular flexibility index (Phi) is 7.42. The number of hydrogen-bond donors (Lipinski definition) is 1. The molecule has 0 aliphatic carbocycles. The van der Waals surface area contributed by atoms with Gasteiger partial charge in [0.2, 0.25) is 0 Å². The van der Waals surface area contributed by atoms with Gasteiger partial charge in [0.15, 0.2) is 14.8 Å². The van der Waals surface area contributed by atoms with Gasteiger partial charge in [-0.15, -0.1) is 11.3 Å². The van der Waals surface area contributed by atoms with Gasteiger partial charge >= 0.3 is 0 Å². The quantitative estimate of drug-likeness (QED) is 0.442. The molecule has 0 spiro atoms. The maximum absolute atomic E-state index is 12.8. The van der Waals surface area contributed by atoms with E-state index in [1.807, 2.05) is 24.3 Å². The first-order chi connectivity index (χ1) is 16.2. The molecule has 0 unspecified atom stereocenters. The summed E-state index contributed by atoms with van der Waals surface area (Å²) in [7, 11) is -3.23. The molecule has 180 valence electrons. The van der Waals surface area contributed by atoms with Gasteiger partial charge in [-0.1, -0.05) is 56.6 Å². The number of rotatable bonds is 8. The number of nitrogens with one attached hydrogen (secondary N) is 1. The Bertz CT molecular complexity index is 1270. The third-order valence-corrected chi connectivity index (χ3v) is 9.05. The first-order valence-corrected chi connectivity index (χ1v) is 14.1. The summed E-state index contributed by atoms with van der Waals surface area (Å²) in [6.45, 7) is 7.85. The van der Waals surface area contributed by atoms with Crippen molar-refractivity contribution in [3.63, 3.8) is 0 Å². The van der Waals surface area contributed by atoms with Crippen molar-refractivity contribution < 1.29 is 13.2 Å². The molecule has 4 rings (SSSR count). The number of carbonyl (C=O) groups is 1. The molecular formula is C25H28ClN3O3S2. The van der Waals surface area contributed by atoms with Crippen molar-refractivity contribution in [3.05, 3.63) is 80.3 Å². The molecule has 34 heavy (non-hydrogen) atoms. The average molecular weight is 518 g/mol. The van der Waals surface area contributed by atoms with Crippen molar-refractivity contribution in [2.24, 2.45) is 5.92 Å². The summed E-state index contributed by atoms with van der Waals surface area (Å²) < 4.78 is 23.9. The Balaban J connectivity index is 1.42. The number of nitrogens with zero attached hydrogens (tertiary/aromatic N) is 2. The summed E-state index contributed by atoms with van der Waals surface area (Å²) in [4.78, 5) is 21.4. The van der Waals surface area contributed by atoms with Crippen LogP contribution in [0.2, 0.25) is 5.02 Å². The topological polar surface area (TPSA) is 79.4 Å². The van der Waals surface area contributed by atoms with E-state index in [9.17, 15) is 13.2 Å². The molecule has 0 saturated carbocycles. The smallest absolute Gasteiger partial charge is 0.280 e. The molecule has 0 bridgehead atoms. The Morgan fingerprint density at radius 2 is 1.79 bits per heavy atom. The van der Waals surface area contributed by atoms with E-state index in [1.54, 1.807) is 31.2 Å². The van der Waals surface area contributed by atoms with Crippen LogP contribution in [0.5, 0.6) is 0 Å². The highest BCUT2D eigenvalue weighted by Gasteiger charge is 2.36. The second-order valence-electron chi connectivity index (χ2n) is 8.78. The van der Waals surface area contributed by atoms with Crippen LogP contribution < -0.4 is 5.32 Å². The number of thiazole rings is 1. The van der Waals surface area contributed by atoms with Crippen LogP contribution in [-0.2, 0) is 29.5 Å². The highest BCUT2D eigenvalue weighted by atomic mass is 35.5. The van der Waals surface area contributed by atoms with Crippen LogP contribution in [0, 0.1) is 5.92 Å². The fourth-order valence-corrected chi connectivity index (χ4v) is 6.27. The van der Waals surface area contributed by atoms with Crippen LogP contribution >= 0.6 is 22.9 Å². The molecule has 2 heterocycles. The molecule has 3 aromatic rings. The molecule has 1 N–H and O–H groups in total. The van der Waals surface area contributed by atoms with E-state index in [1.165, 1.54) is 16.9 Å². The van der Waals surface area contributed by atoms with Crippen molar-refractivity contribution in [2.75, 3.05) is 5.75 Å². The van der Waals surface area contributed by atoms with Crippen LogP contribution in [0.1, 0.15) is 58.3 Å². The van der Waals surface area contributed by atoms with E-state index in [-0.39, 0.29) is 17.7 Å². The number of aromatic nitrogens is 1. The van der Waals surface area contributed by atoms with Gasteiger partial charge in [-0.2, -0.15) is 0 Å². The summed E-state index contributed by atoms with van der Waals surface area (Å²) in [5.41, 5.74) is 3.02. The number of amides is 1. The first-order valence-electron chi connectivity index (χ1n) is 11.3. The molecule has 1 aromatic heterocycles. The maximum Gasteiger partial charge on any atom is 0.280 e. The number of hydrogen-bond acceptors (Lipinski definition) is 6. The van der Waals surface area contributed by atoms with Gasteiger partial charge in [0.25, 0.3) is 5.91 Å². The fraction of sp³-hybridized carbons (Fsp3) is 0.360. The maximum atomic E-state index is 12.8. The van der Waals surface area contributed by atoms with Crippen molar-refractivity contribution >= 4 is 38.7 Å². The molecule has 1 amide bonds. The third kappa shape index (κ3) is 5.35. The molecule has 0 saturated heterocycles. The van der Waals surface area contributed by atoms with Gasteiger partial charge in [-0.05, 0) is 41.3 Å². The molecule has 2 aromatic carbocycles. The van der Waals surface area contributed by atoms with Crippen LogP contribution in [0.4, 0.5) is 0 Å². The Hall–Kier alpha value is -2.26. The van der Waals surface area contributed by atoms with Crippen LogP contribution in [0.3, 0.4) is 0 Å². The largest absolute Gasteiger partial charge is 0.346 e. The van der Waals surface area contributed by atoms with E-state index < -0.39 is 9.84 Å². The zero-order chi connectivity index (χ0) is 24.5. The van der Waals surface area contributed by atoms with Crippen molar-refractivity contribution in [1.29, 1.82) is 0 Å². The van der Waals surface area contributed by atoms with Crippen LogP contribution in [0.25, 0.3) is 0 Å². The lowest BCUT2D eigenvalue weighted by molar-refractivity contribution is 0.0949. The summed E-state index contributed by atoms with van der Waals surface area (Å²) in [5.74, 6) is 0.202. The molecule has 1 atom stereocenters. The van der Waals surface area contributed by atoms with E-state index in [2.05, 4.69) is 24.1 Å². The standard InChI is InChI=1S/C25H28ClN3O3S2/c1-4-34(31,32)20-11-7-17(8-12-20)13-27-24(30)25-28-22-21(33-25)15-29(23(22)16(2)3)14-18-5-9-19(26)10-6-18/h5-12,16,23H,4,13-15H2,1-3H3,(H,27,30)/t23-/m0/s1. The Labute approximate surface area is 209 Å². The highest BCUT2D eigenvalue weighted by Crippen LogP contribution is 2.41. The van der Waals surface area contributed by atoms with Crippen molar-refractivity contribution in [1.82, 2.24) is 15.2 Å². The second-order valence-corrected chi connectivity index (χ2v) is 12.6. The molecular weight excluding hydrogens is 490 g/mol. The van der Waals surface area contributed by atoms with Gasteiger partial charge in [-0.25, -0.2) is 13.4 Å². The zero-order valence-electron chi connectivity index (χ0n) is 19.4. The van der Waals surface area contributed by atoms with Gasteiger partial charge in [0.1, 0.15) is 0 Å². The minimum absolute atomic E-state index is 0.0618. The molecule has 0 fully saturated rings. The number of carbonyl (C=O) groups excluding carboxylic acids is 1. The Morgan fingerprint density at radius 1 is 1.15 bits per heavy atom. The number of halogens is 1. The van der Waals surface area contributed by atoms with Crippen molar-refractivity contribution in [3.8, 4) is 0 Å².